The van der Waals surface area contributed by atoms with Crippen LogP contribution < -0.4 is 0 Å². The summed E-state index contributed by atoms with van der Waals surface area (Å²) in [5, 5.41) is 17.6. The highest BCUT2D eigenvalue weighted by atomic mass is 16.4. The summed E-state index contributed by atoms with van der Waals surface area (Å²) in [6.07, 6.45) is 5.21. The third kappa shape index (κ3) is 9.52. The Hall–Kier alpha value is -1.05. The Morgan fingerprint density at radius 2 is 1.68 bits per heavy atom. The lowest BCUT2D eigenvalue weighted by Crippen LogP contribution is -2.30. The fraction of sp³-hybridized carbons (Fsp3) is 0.800. The zero-order valence-electron chi connectivity index (χ0n) is 12.4. The molecule has 19 heavy (non-hydrogen) atoms. The molecule has 4 nitrogen and oxygen atoms in total. The lowest BCUT2D eigenvalue weighted by atomic mass is 9.85. The SMILES string of the molecule is CC(=O)O.CCN(CC)CC#CC1(O)CCCCC1. The number of carboxylic acid groups (broad SMARTS) is 1. The molecule has 0 aliphatic heterocycles. The van der Waals surface area contributed by atoms with Gasteiger partial charge in [-0.05, 0) is 38.8 Å². The van der Waals surface area contributed by atoms with Crippen LogP contribution in [0.15, 0.2) is 0 Å². The van der Waals surface area contributed by atoms with Crippen LogP contribution in [-0.4, -0.2) is 46.3 Å². The minimum atomic E-state index is -0.833. The monoisotopic (exact) mass is 269 g/mol. The first-order valence-electron chi connectivity index (χ1n) is 7.07. The standard InChI is InChI=1S/C13H23NO.C2H4O2/c1-3-14(4-2)12-8-11-13(15)9-6-5-7-10-13;1-2(3)4/h15H,3-7,9-10,12H2,1-2H3;1H3,(H,3,4). The van der Waals surface area contributed by atoms with Crippen LogP contribution in [0.1, 0.15) is 52.9 Å². The normalized spacial score (nSPS) is 16.9. The molecule has 0 spiro atoms. The van der Waals surface area contributed by atoms with Gasteiger partial charge in [0, 0.05) is 6.92 Å². The van der Waals surface area contributed by atoms with Gasteiger partial charge in [0.1, 0.15) is 5.60 Å². The molecule has 0 aromatic heterocycles. The molecule has 0 aromatic carbocycles. The van der Waals surface area contributed by atoms with E-state index < -0.39 is 11.6 Å². The van der Waals surface area contributed by atoms with Crippen molar-refractivity contribution in [3.8, 4) is 11.8 Å². The molecule has 110 valence electrons. The minimum absolute atomic E-state index is 0.675. The molecule has 0 unspecified atom stereocenters. The first-order valence-corrected chi connectivity index (χ1v) is 7.07. The molecule has 0 bridgehead atoms. The quantitative estimate of drug-likeness (QED) is 0.770. The van der Waals surface area contributed by atoms with E-state index in [0.717, 1.165) is 52.2 Å². The maximum atomic E-state index is 10.1. The van der Waals surface area contributed by atoms with Crippen LogP contribution in [0.3, 0.4) is 0 Å². The van der Waals surface area contributed by atoms with Crippen LogP contribution in [-0.2, 0) is 4.79 Å². The van der Waals surface area contributed by atoms with Gasteiger partial charge in [0.25, 0.3) is 5.97 Å². The average Bonchev–Trinajstić information content (AvgIpc) is 2.35. The van der Waals surface area contributed by atoms with E-state index in [1.54, 1.807) is 0 Å². The summed E-state index contributed by atoms with van der Waals surface area (Å²) in [5.74, 6) is 5.35. The predicted molar refractivity (Wildman–Crippen MR) is 76.9 cm³/mol. The van der Waals surface area contributed by atoms with Crippen molar-refractivity contribution < 1.29 is 15.0 Å². The highest BCUT2D eigenvalue weighted by Gasteiger charge is 2.26. The van der Waals surface area contributed by atoms with E-state index in [0.29, 0.717) is 0 Å². The van der Waals surface area contributed by atoms with E-state index in [1.165, 1.54) is 6.42 Å². The highest BCUT2D eigenvalue weighted by Crippen LogP contribution is 2.26. The summed E-state index contributed by atoms with van der Waals surface area (Å²) >= 11 is 0. The summed E-state index contributed by atoms with van der Waals surface area (Å²) in [5.41, 5.74) is -0.675. The second kappa shape index (κ2) is 9.82. The molecule has 0 aromatic rings. The van der Waals surface area contributed by atoms with Gasteiger partial charge in [-0.25, -0.2) is 0 Å². The Kier molecular flexibility index (Phi) is 9.28. The van der Waals surface area contributed by atoms with Crippen LogP contribution in [0, 0.1) is 11.8 Å². The van der Waals surface area contributed by atoms with Gasteiger partial charge < -0.3 is 10.2 Å². The topological polar surface area (TPSA) is 60.8 Å². The number of hydrogen-bond donors (Lipinski definition) is 2. The van der Waals surface area contributed by atoms with Crippen molar-refractivity contribution >= 4 is 5.97 Å². The molecule has 0 saturated heterocycles. The van der Waals surface area contributed by atoms with E-state index in [-0.39, 0.29) is 0 Å². The van der Waals surface area contributed by atoms with Gasteiger partial charge in [-0.3, -0.25) is 9.69 Å². The number of carboxylic acids is 1. The van der Waals surface area contributed by atoms with Crippen molar-refractivity contribution in [2.24, 2.45) is 0 Å². The number of hydrogen-bond acceptors (Lipinski definition) is 3. The first-order chi connectivity index (χ1) is 8.93. The predicted octanol–water partition coefficient (Wildman–Crippen LogP) is 2.12. The molecule has 0 amide bonds. The van der Waals surface area contributed by atoms with Crippen molar-refractivity contribution in [1.82, 2.24) is 4.90 Å². The number of aliphatic carboxylic acids is 1. The number of carbonyl (C=O) groups is 1. The molecule has 2 N–H and O–H groups in total. The fourth-order valence-electron chi connectivity index (χ4n) is 2.02. The Labute approximate surface area is 116 Å². The Morgan fingerprint density at radius 1 is 1.21 bits per heavy atom. The van der Waals surface area contributed by atoms with Gasteiger partial charge in [-0.1, -0.05) is 32.1 Å². The zero-order chi connectivity index (χ0) is 14.7. The first kappa shape index (κ1) is 17.9. The Bertz CT molecular complexity index is 303. The summed E-state index contributed by atoms with van der Waals surface area (Å²) in [4.78, 5) is 11.3. The van der Waals surface area contributed by atoms with E-state index >= 15 is 0 Å². The van der Waals surface area contributed by atoms with Crippen LogP contribution in [0.4, 0.5) is 0 Å². The number of rotatable bonds is 3. The lowest BCUT2D eigenvalue weighted by Gasteiger charge is -2.26. The molecular formula is C15H27NO3. The van der Waals surface area contributed by atoms with Crippen molar-refractivity contribution in [2.45, 2.75) is 58.5 Å². The van der Waals surface area contributed by atoms with Crippen LogP contribution in [0.5, 0.6) is 0 Å². The second-order valence-corrected chi connectivity index (χ2v) is 4.87. The zero-order valence-corrected chi connectivity index (χ0v) is 12.4. The minimum Gasteiger partial charge on any atom is -0.481 e. The molecule has 1 aliphatic carbocycles. The van der Waals surface area contributed by atoms with Crippen molar-refractivity contribution in [1.29, 1.82) is 0 Å². The van der Waals surface area contributed by atoms with E-state index in [4.69, 9.17) is 9.90 Å². The number of aliphatic hydroxyl groups is 1. The maximum Gasteiger partial charge on any atom is 0.300 e. The third-order valence-corrected chi connectivity index (χ3v) is 3.20. The van der Waals surface area contributed by atoms with Crippen LogP contribution >= 0.6 is 0 Å². The van der Waals surface area contributed by atoms with Crippen molar-refractivity contribution in [3.63, 3.8) is 0 Å². The molecule has 1 saturated carbocycles. The van der Waals surface area contributed by atoms with Gasteiger partial charge >= 0.3 is 0 Å². The van der Waals surface area contributed by atoms with Gasteiger partial charge in [0.05, 0.1) is 6.54 Å². The summed E-state index contributed by atoms with van der Waals surface area (Å²) in [6, 6.07) is 0. The van der Waals surface area contributed by atoms with E-state index in [1.807, 2.05) is 0 Å². The molecule has 4 heteroatoms. The van der Waals surface area contributed by atoms with Crippen LogP contribution in [0.25, 0.3) is 0 Å². The van der Waals surface area contributed by atoms with Gasteiger partial charge in [-0.15, -0.1) is 0 Å². The van der Waals surface area contributed by atoms with E-state index in [9.17, 15) is 5.11 Å². The molecule has 0 radical (unpaired) electrons. The smallest absolute Gasteiger partial charge is 0.300 e. The summed E-state index contributed by atoms with van der Waals surface area (Å²) < 4.78 is 0. The third-order valence-electron chi connectivity index (χ3n) is 3.20. The largest absolute Gasteiger partial charge is 0.481 e. The molecule has 0 heterocycles. The van der Waals surface area contributed by atoms with E-state index in [2.05, 4.69) is 30.6 Å². The summed E-state index contributed by atoms with van der Waals surface area (Å²) in [7, 11) is 0. The Balaban J connectivity index is 0.000000711. The molecule has 1 rings (SSSR count). The highest BCUT2D eigenvalue weighted by molar-refractivity contribution is 5.62. The fourth-order valence-corrected chi connectivity index (χ4v) is 2.02. The van der Waals surface area contributed by atoms with Crippen LogP contribution in [0.2, 0.25) is 0 Å². The van der Waals surface area contributed by atoms with Gasteiger partial charge in [-0.2, -0.15) is 0 Å². The van der Waals surface area contributed by atoms with Crippen molar-refractivity contribution in [2.75, 3.05) is 19.6 Å². The second-order valence-electron chi connectivity index (χ2n) is 4.87. The molecule has 1 aliphatic rings. The van der Waals surface area contributed by atoms with Gasteiger partial charge in [0.2, 0.25) is 0 Å². The maximum absolute atomic E-state index is 10.1. The lowest BCUT2D eigenvalue weighted by molar-refractivity contribution is -0.134. The molecule has 1 fully saturated rings. The average molecular weight is 269 g/mol. The molecule has 0 atom stereocenters. The molecular weight excluding hydrogens is 242 g/mol. The summed E-state index contributed by atoms with van der Waals surface area (Å²) in [6.45, 7) is 8.21. The Morgan fingerprint density at radius 3 is 2.11 bits per heavy atom. The van der Waals surface area contributed by atoms with Gasteiger partial charge in [0.15, 0.2) is 0 Å². The van der Waals surface area contributed by atoms with Crippen molar-refractivity contribution in [3.05, 3.63) is 0 Å². The number of nitrogens with zero attached hydrogens (tertiary/aromatic N) is 1.